The van der Waals surface area contributed by atoms with E-state index >= 15 is 0 Å². The van der Waals surface area contributed by atoms with Gasteiger partial charge in [-0.3, -0.25) is 14.1 Å². The van der Waals surface area contributed by atoms with Gasteiger partial charge in [0.05, 0.1) is 0 Å². The third kappa shape index (κ3) is 2.22. The van der Waals surface area contributed by atoms with Gasteiger partial charge in [-0.25, -0.2) is 0 Å². The standard InChI is InChI=1S/C12H13NO4/c1-3-4-5-6-15-12-11-10(8(2)13-17-11)9(14)7-16-12/h3,7H,1,4-6H2,2H3/p+1. The Morgan fingerprint density at radius 1 is 1.59 bits per heavy atom. The number of aromatic hydroxyl groups is 1. The molecule has 0 aliphatic rings. The summed E-state index contributed by atoms with van der Waals surface area (Å²) >= 11 is 0. The Morgan fingerprint density at radius 2 is 2.41 bits per heavy atom. The van der Waals surface area contributed by atoms with Gasteiger partial charge in [0.2, 0.25) is 0 Å². The van der Waals surface area contributed by atoms with Crippen molar-refractivity contribution in [2.45, 2.75) is 19.8 Å². The summed E-state index contributed by atoms with van der Waals surface area (Å²) in [6, 6.07) is 0. The van der Waals surface area contributed by atoms with Gasteiger partial charge in [-0.05, 0) is 6.42 Å². The van der Waals surface area contributed by atoms with Crippen molar-refractivity contribution >= 4 is 11.0 Å². The number of ether oxygens (including phenoxy) is 1. The van der Waals surface area contributed by atoms with Crippen LogP contribution in [0.25, 0.3) is 11.0 Å². The van der Waals surface area contributed by atoms with E-state index in [0.717, 1.165) is 12.8 Å². The topological polar surface area (TPSA) is 66.2 Å². The van der Waals surface area contributed by atoms with Crippen LogP contribution in [0, 0.1) is 6.92 Å². The normalized spacial score (nSPS) is 10.6. The van der Waals surface area contributed by atoms with Crippen LogP contribution in [-0.2, 0) is 0 Å². The highest BCUT2D eigenvalue weighted by Crippen LogP contribution is 2.34. The maximum absolute atomic E-state index is 9.61. The number of fused-ring (bicyclic) bond motifs is 1. The number of rotatable bonds is 5. The van der Waals surface area contributed by atoms with Gasteiger partial charge >= 0.3 is 11.5 Å². The lowest BCUT2D eigenvalue weighted by molar-refractivity contribution is 0.228. The van der Waals surface area contributed by atoms with Gasteiger partial charge in [-0.2, -0.15) is 0 Å². The molecule has 2 aromatic rings. The van der Waals surface area contributed by atoms with Crippen LogP contribution in [-0.4, -0.2) is 11.7 Å². The first-order valence-electron chi connectivity index (χ1n) is 5.37. The number of hydrogen-bond acceptors (Lipinski definition) is 2. The molecule has 0 fully saturated rings. The second-order valence-corrected chi connectivity index (χ2v) is 3.66. The van der Waals surface area contributed by atoms with E-state index in [1.807, 2.05) is 6.08 Å². The smallest absolute Gasteiger partial charge is 0.502 e. The molecule has 1 N–H and O–H groups in total. The van der Waals surface area contributed by atoms with Gasteiger partial charge in [-0.1, -0.05) is 18.7 Å². The fraction of sp³-hybridized carbons (Fsp3) is 0.333. The lowest BCUT2D eigenvalue weighted by Gasteiger charge is -1.92. The third-order valence-corrected chi connectivity index (χ3v) is 2.37. The molecular weight excluding hydrogens is 222 g/mol. The van der Waals surface area contributed by atoms with Crippen molar-refractivity contribution in [1.82, 2.24) is 5.16 Å². The zero-order chi connectivity index (χ0) is 12.3. The van der Waals surface area contributed by atoms with Crippen molar-refractivity contribution in [3.63, 3.8) is 0 Å². The average Bonchev–Trinajstić information content (AvgIpc) is 2.71. The summed E-state index contributed by atoms with van der Waals surface area (Å²) in [4.78, 5) is 0. The molecule has 0 aliphatic carbocycles. The molecule has 0 unspecified atom stereocenters. The van der Waals surface area contributed by atoms with E-state index in [-0.39, 0.29) is 11.7 Å². The molecule has 2 rings (SSSR count). The van der Waals surface area contributed by atoms with E-state index in [9.17, 15) is 5.11 Å². The summed E-state index contributed by atoms with van der Waals surface area (Å²) in [7, 11) is 0. The Morgan fingerprint density at radius 3 is 3.18 bits per heavy atom. The first kappa shape index (κ1) is 11.4. The average molecular weight is 236 g/mol. The number of nitrogens with zero attached hydrogens (tertiary/aromatic N) is 1. The van der Waals surface area contributed by atoms with Crippen molar-refractivity contribution in [3.05, 3.63) is 24.6 Å². The molecular formula is C12H14NO4+. The molecule has 0 bridgehead atoms. The van der Waals surface area contributed by atoms with Crippen molar-refractivity contribution < 1.29 is 18.8 Å². The zero-order valence-corrected chi connectivity index (χ0v) is 9.60. The number of allylic oxidation sites excluding steroid dienone is 1. The fourth-order valence-electron chi connectivity index (χ4n) is 1.52. The molecule has 2 heterocycles. The quantitative estimate of drug-likeness (QED) is 0.491. The Balaban J connectivity index is 2.23. The Hall–Kier alpha value is -2.04. The summed E-state index contributed by atoms with van der Waals surface area (Å²) < 4.78 is 15.6. The molecule has 90 valence electrons. The molecule has 17 heavy (non-hydrogen) atoms. The summed E-state index contributed by atoms with van der Waals surface area (Å²) in [5.41, 5.74) is 0.936. The predicted octanol–water partition coefficient (Wildman–Crippen LogP) is 2.90. The van der Waals surface area contributed by atoms with Gasteiger partial charge < -0.3 is 9.84 Å². The van der Waals surface area contributed by atoms with Crippen LogP contribution in [0.1, 0.15) is 18.5 Å². The fourth-order valence-corrected chi connectivity index (χ4v) is 1.52. The van der Waals surface area contributed by atoms with Crippen LogP contribution in [0.3, 0.4) is 0 Å². The Kier molecular flexibility index (Phi) is 3.27. The van der Waals surface area contributed by atoms with E-state index in [0.29, 0.717) is 23.3 Å². The molecule has 2 aromatic heterocycles. The van der Waals surface area contributed by atoms with Crippen molar-refractivity contribution in [3.8, 4) is 11.7 Å². The SMILES string of the molecule is C=CCCCOc1[o+]cc(O)c2c(C)[n-][o+]c12. The number of aryl methyl sites for hydroxylation is 1. The lowest BCUT2D eigenvalue weighted by Crippen LogP contribution is -1.96. The highest BCUT2D eigenvalue weighted by Gasteiger charge is 2.30. The van der Waals surface area contributed by atoms with Crippen LogP contribution < -0.4 is 9.89 Å². The number of aromatic nitrogens is 1. The molecule has 0 amide bonds. The first-order valence-corrected chi connectivity index (χ1v) is 5.37. The largest absolute Gasteiger partial charge is 0.627 e. The minimum absolute atomic E-state index is 0.00260. The molecule has 0 spiro atoms. The molecule has 5 heteroatoms. The Bertz CT molecular complexity index is 533. The lowest BCUT2D eigenvalue weighted by atomic mass is 10.2. The van der Waals surface area contributed by atoms with Gasteiger partial charge in [0.25, 0.3) is 6.26 Å². The number of unbranched alkanes of at least 4 members (excludes halogenated alkanes) is 1. The minimum Gasteiger partial charge on any atom is -0.502 e. The molecule has 0 saturated heterocycles. The first-order chi connectivity index (χ1) is 8.24. The Labute approximate surface area is 98.3 Å². The van der Waals surface area contributed by atoms with Crippen LogP contribution in [0.2, 0.25) is 0 Å². The molecule has 0 saturated carbocycles. The number of hydrogen-bond donors (Lipinski definition) is 1. The molecule has 0 aliphatic heterocycles. The zero-order valence-electron chi connectivity index (χ0n) is 9.60. The summed E-state index contributed by atoms with van der Waals surface area (Å²) in [6.07, 6.45) is 4.76. The van der Waals surface area contributed by atoms with Crippen molar-refractivity contribution in [1.29, 1.82) is 0 Å². The van der Waals surface area contributed by atoms with E-state index < -0.39 is 0 Å². The molecule has 0 radical (unpaired) electrons. The van der Waals surface area contributed by atoms with Gasteiger partial charge in [0.1, 0.15) is 5.39 Å². The maximum Gasteiger partial charge on any atom is 0.627 e. The summed E-state index contributed by atoms with van der Waals surface area (Å²) in [6.45, 7) is 5.87. The van der Waals surface area contributed by atoms with Crippen LogP contribution in [0.4, 0.5) is 0 Å². The monoisotopic (exact) mass is 236 g/mol. The van der Waals surface area contributed by atoms with Crippen LogP contribution in [0.5, 0.6) is 11.7 Å². The molecule has 5 nitrogen and oxygen atoms in total. The van der Waals surface area contributed by atoms with Crippen molar-refractivity contribution in [2.75, 3.05) is 6.61 Å². The van der Waals surface area contributed by atoms with E-state index in [1.165, 1.54) is 6.26 Å². The van der Waals surface area contributed by atoms with E-state index in [1.54, 1.807) is 6.92 Å². The second-order valence-electron chi connectivity index (χ2n) is 3.66. The third-order valence-electron chi connectivity index (χ3n) is 2.37. The van der Waals surface area contributed by atoms with E-state index in [2.05, 4.69) is 11.7 Å². The van der Waals surface area contributed by atoms with E-state index in [4.69, 9.17) is 13.7 Å². The van der Waals surface area contributed by atoms with Gasteiger partial charge in [0.15, 0.2) is 12.4 Å². The highest BCUT2D eigenvalue weighted by molar-refractivity contribution is 5.87. The summed E-state index contributed by atoms with van der Waals surface area (Å²) in [5, 5.41) is 13.9. The van der Waals surface area contributed by atoms with Gasteiger partial charge in [0, 0.05) is 6.42 Å². The maximum atomic E-state index is 9.61. The predicted molar refractivity (Wildman–Crippen MR) is 61.9 cm³/mol. The van der Waals surface area contributed by atoms with Crippen molar-refractivity contribution in [2.24, 2.45) is 0 Å². The molecule has 0 atom stereocenters. The van der Waals surface area contributed by atoms with Crippen LogP contribution >= 0.6 is 0 Å². The summed E-state index contributed by atoms with van der Waals surface area (Å²) in [5.74, 6) is 0.236. The van der Waals surface area contributed by atoms with Crippen LogP contribution in [0.15, 0.2) is 27.9 Å². The molecule has 0 aromatic carbocycles. The second kappa shape index (κ2) is 4.86. The minimum atomic E-state index is -0.00260. The van der Waals surface area contributed by atoms with Gasteiger partial charge in [-0.15, -0.1) is 6.58 Å². The highest BCUT2D eigenvalue weighted by atomic mass is 16.6.